The van der Waals surface area contributed by atoms with Gasteiger partial charge in [0.15, 0.2) is 0 Å². The smallest absolute Gasteiger partial charge is 0.258 e. The maximum Gasteiger partial charge on any atom is 0.258 e. The van der Waals surface area contributed by atoms with Crippen molar-refractivity contribution in [3.05, 3.63) is 80.5 Å². The summed E-state index contributed by atoms with van der Waals surface area (Å²) in [5.41, 5.74) is 2.50. The van der Waals surface area contributed by atoms with Crippen molar-refractivity contribution in [1.29, 1.82) is 0 Å². The molecule has 9 heteroatoms. The third-order valence-electron chi connectivity index (χ3n) is 6.65. The van der Waals surface area contributed by atoms with Gasteiger partial charge in [-0.3, -0.25) is 9.59 Å². The molecule has 1 aliphatic rings. The normalized spacial score (nSPS) is 14.6. The minimum absolute atomic E-state index is 0.0519. The average Bonchev–Trinajstić information content (AvgIpc) is 3.43. The first-order chi connectivity index (χ1) is 18.5. The molecule has 3 aromatic rings. The molecule has 1 aromatic heterocycles. The zero-order chi connectivity index (χ0) is 27.1. The number of rotatable bonds is 11. The van der Waals surface area contributed by atoms with E-state index >= 15 is 0 Å². The van der Waals surface area contributed by atoms with Gasteiger partial charge in [0, 0.05) is 42.3 Å². The lowest BCUT2D eigenvalue weighted by Crippen LogP contribution is -2.47. The van der Waals surface area contributed by atoms with Gasteiger partial charge < -0.3 is 24.0 Å². The molecule has 0 saturated carbocycles. The van der Waals surface area contributed by atoms with Crippen LogP contribution in [0.25, 0.3) is 0 Å². The maximum atomic E-state index is 13.9. The molecule has 2 aromatic carbocycles. The molecule has 0 spiro atoms. The van der Waals surface area contributed by atoms with Crippen LogP contribution in [-0.4, -0.2) is 68.7 Å². The molecule has 0 N–H and O–H groups in total. The number of halogens is 1. The van der Waals surface area contributed by atoms with Crippen molar-refractivity contribution < 1.29 is 23.8 Å². The number of nitrogens with zero attached hydrogens (tertiary/aromatic N) is 2. The molecular formula is C29H33ClN2O5S. The average molecular weight is 557 g/mol. The van der Waals surface area contributed by atoms with Crippen LogP contribution in [0.2, 0.25) is 5.02 Å². The van der Waals surface area contributed by atoms with E-state index in [-0.39, 0.29) is 24.4 Å². The monoisotopic (exact) mass is 556 g/mol. The van der Waals surface area contributed by atoms with Crippen molar-refractivity contribution in [2.75, 3.05) is 47.1 Å². The Bertz CT molecular complexity index is 1250. The van der Waals surface area contributed by atoms with Crippen molar-refractivity contribution in [1.82, 2.24) is 9.80 Å². The van der Waals surface area contributed by atoms with Crippen LogP contribution < -0.4 is 9.47 Å². The molecule has 0 fully saturated rings. The van der Waals surface area contributed by atoms with Gasteiger partial charge in [0.1, 0.15) is 18.0 Å². The Labute approximate surface area is 232 Å². The van der Waals surface area contributed by atoms with E-state index in [9.17, 15) is 9.59 Å². The molecule has 1 aliphatic heterocycles. The van der Waals surface area contributed by atoms with E-state index in [1.54, 1.807) is 41.5 Å². The Morgan fingerprint density at radius 2 is 1.89 bits per heavy atom. The molecule has 2 heterocycles. The van der Waals surface area contributed by atoms with Gasteiger partial charge in [0.05, 0.1) is 25.8 Å². The number of hydrogen-bond donors (Lipinski definition) is 0. The summed E-state index contributed by atoms with van der Waals surface area (Å²) in [5, 5.41) is 2.72. The summed E-state index contributed by atoms with van der Waals surface area (Å²) in [6, 6.07) is 14.5. The van der Waals surface area contributed by atoms with Crippen LogP contribution in [0.15, 0.2) is 53.9 Å². The fraction of sp³-hybridized carbons (Fsp3) is 0.379. The molecule has 0 bridgehead atoms. The highest BCUT2D eigenvalue weighted by molar-refractivity contribution is 7.10. The molecule has 0 aliphatic carbocycles. The summed E-state index contributed by atoms with van der Waals surface area (Å²) in [6.45, 7) is 3.93. The van der Waals surface area contributed by atoms with Crippen LogP contribution in [0, 0.1) is 0 Å². The lowest BCUT2D eigenvalue weighted by atomic mass is 9.93. The zero-order valence-electron chi connectivity index (χ0n) is 21.9. The molecular weight excluding hydrogens is 524 g/mol. The molecule has 1 atom stereocenters. The Hall–Kier alpha value is -3.07. The third kappa shape index (κ3) is 6.31. The number of methoxy groups -OCH3 is 2. The topological polar surface area (TPSA) is 68.3 Å². The molecule has 202 valence electrons. The lowest BCUT2D eigenvalue weighted by molar-refractivity contribution is -0.134. The molecule has 38 heavy (non-hydrogen) atoms. The Morgan fingerprint density at radius 1 is 1.11 bits per heavy atom. The number of hydrogen-bond acceptors (Lipinski definition) is 6. The fourth-order valence-electron chi connectivity index (χ4n) is 4.74. The van der Waals surface area contributed by atoms with Crippen LogP contribution in [0.4, 0.5) is 0 Å². The van der Waals surface area contributed by atoms with E-state index < -0.39 is 0 Å². The maximum absolute atomic E-state index is 13.9. The number of carbonyl (C=O) groups is 2. The van der Waals surface area contributed by atoms with E-state index in [4.69, 9.17) is 25.8 Å². The fourth-order valence-corrected chi connectivity index (χ4v) is 5.77. The second kappa shape index (κ2) is 13.1. The minimum atomic E-state index is -0.273. The van der Waals surface area contributed by atoms with Gasteiger partial charge in [-0.2, -0.15) is 0 Å². The standard InChI is InChI=1S/C29H33ClN2O5S/c1-4-37-16-5-14-31(29(34)23-11-10-22(35-2)18-25(23)36-3)19-27(33)32-15-12-26-24(13-17-38-26)28(32)20-6-8-21(30)9-7-20/h6-11,13,17-18,28H,4-5,12,14-16,19H2,1-3H3/t28-/m1/s1. The minimum Gasteiger partial charge on any atom is -0.497 e. The SMILES string of the molecule is CCOCCCN(CC(=O)N1CCc2sccc2[C@H]1c1ccc(Cl)cc1)C(=O)c1ccc(OC)cc1OC. The summed E-state index contributed by atoms with van der Waals surface area (Å²) < 4.78 is 16.3. The Kier molecular flexibility index (Phi) is 9.66. The van der Waals surface area contributed by atoms with Crippen molar-refractivity contribution in [2.45, 2.75) is 25.8 Å². The second-order valence-corrected chi connectivity index (χ2v) is 10.4. The van der Waals surface area contributed by atoms with Crippen LogP contribution in [-0.2, 0) is 16.0 Å². The van der Waals surface area contributed by atoms with Crippen molar-refractivity contribution in [3.8, 4) is 11.5 Å². The first kappa shape index (κ1) is 28.0. The van der Waals surface area contributed by atoms with Crippen LogP contribution in [0.5, 0.6) is 11.5 Å². The van der Waals surface area contributed by atoms with Crippen molar-refractivity contribution >= 4 is 34.8 Å². The molecule has 7 nitrogen and oxygen atoms in total. The van der Waals surface area contributed by atoms with Gasteiger partial charge >= 0.3 is 0 Å². The predicted octanol–water partition coefficient (Wildman–Crippen LogP) is 5.46. The van der Waals surface area contributed by atoms with Gasteiger partial charge in [0.2, 0.25) is 5.91 Å². The van der Waals surface area contributed by atoms with Gasteiger partial charge in [-0.15, -0.1) is 11.3 Å². The van der Waals surface area contributed by atoms with Gasteiger partial charge in [-0.05, 0) is 66.6 Å². The lowest BCUT2D eigenvalue weighted by Gasteiger charge is -2.37. The molecule has 2 amide bonds. The largest absolute Gasteiger partial charge is 0.497 e. The van der Waals surface area contributed by atoms with E-state index in [0.29, 0.717) is 54.8 Å². The number of amides is 2. The highest BCUT2D eigenvalue weighted by Gasteiger charge is 2.34. The first-order valence-corrected chi connectivity index (χ1v) is 13.9. The zero-order valence-corrected chi connectivity index (χ0v) is 23.5. The number of fused-ring (bicyclic) bond motifs is 1. The molecule has 4 rings (SSSR count). The van der Waals surface area contributed by atoms with Crippen molar-refractivity contribution in [2.24, 2.45) is 0 Å². The summed E-state index contributed by atoms with van der Waals surface area (Å²) in [5.74, 6) is 0.601. The number of thiophene rings is 1. The summed E-state index contributed by atoms with van der Waals surface area (Å²) in [7, 11) is 3.07. The van der Waals surface area contributed by atoms with E-state index in [1.807, 2.05) is 36.1 Å². The van der Waals surface area contributed by atoms with Crippen molar-refractivity contribution in [3.63, 3.8) is 0 Å². The van der Waals surface area contributed by atoms with E-state index in [2.05, 4.69) is 11.4 Å². The highest BCUT2D eigenvalue weighted by Crippen LogP contribution is 2.38. The summed E-state index contributed by atoms with van der Waals surface area (Å²) >= 11 is 7.87. The van der Waals surface area contributed by atoms with Gasteiger partial charge in [0.25, 0.3) is 5.91 Å². The second-order valence-electron chi connectivity index (χ2n) is 8.93. The summed E-state index contributed by atoms with van der Waals surface area (Å²) in [6.07, 6.45) is 1.40. The van der Waals surface area contributed by atoms with E-state index in [1.165, 1.54) is 12.0 Å². The van der Waals surface area contributed by atoms with E-state index in [0.717, 1.165) is 17.5 Å². The highest BCUT2D eigenvalue weighted by atomic mass is 35.5. The quantitative estimate of drug-likeness (QED) is 0.293. The third-order valence-corrected chi connectivity index (χ3v) is 7.89. The molecule has 0 unspecified atom stereocenters. The van der Waals surface area contributed by atoms with Crippen LogP contribution >= 0.6 is 22.9 Å². The number of carbonyl (C=O) groups excluding carboxylic acids is 2. The molecule has 0 radical (unpaired) electrons. The Balaban J connectivity index is 1.61. The first-order valence-electron chi connectivity index (χ1n) is 12.7. The number of ether oxygens (including phenoxy) is 3. The predicted molar refractivity (Wildman–Crippen MR) is 150 cm³/mol. The van der Waals surface area contributed by atoms with Gasteiger partial charge in [-0.25, -0.2) is 0 Å². The Morgan fingerprint density at radius 3 is 2.61 bits per heavy atom. The summed E-state index contributed by atoms with van der Waals surface area (Å²) in [4.78, 5) is 32.4. The van der Waals surface area contributed by atoms with Crippen LogP contribution in [0.1, 0.15) is 45.7 Å². The van der Waals surface area contributed by atoms with Crippen LogP contribution in [0.3, 0.4) is 0 Å². The van der Waals surface area contributed by atoms with Gasteiger partial charge in [-0.1, -0.05) is 23.7 Å². The number of benzene rings is 2. The molecule has 0 saturated heterocycles.